The maximum Gasteiger partial charge on any atom is 0.0649 e. The van der Waals surface area contributed by atoms with Gasteiger partial charge < -0.3 is 4.90 Å². The van der Waals surface area contributed by atoms with Crippen LogP contribution in [0.5, 0.6) is 0 Å². The van der Waals surface area contributed by atoms with Crippen molar-refractivity contribution in [1.29, 1.82) is 5.26 Å². The van der Waals surface area contributed by atoms with Gasteiger partial charge in [0.2, 0.25) is 0 Å². The van der Waals surface area contributed by atoms with Crippen LogP contribution in [0.1, 0.15) is 90.5 Å². The van der Waals surface area contributed by atoms with Crippen molar-refractivity contribution in [2.24, 2.45) is 5.92 Å². The fraction of sp³-hybridized carbons (Fsp3) is 0.720. The molecule has 1 rings (SSSR count). The molecule has 0 aliphatic rings. The number of unbranched alkanes of at least 4 members (excludes halogenated alkanes) is 9. The Kier molecular flexibility index (Phi) is 23.5. The highest BCUT2D eigenvalue weighted by Gasteiger charge is 1.94. The van der Waals surface area contributed by atoms with Gasteiger partial charge in [0.15, 0.2) is 0 Å². The summed E-state index contributed by atoms with van der Waals surface area (Å²) in [5.74, 6) is 0.190. The molecule has 0 atom stereocenters. The Morgan fingerprint density at radius 3 is 1.52 bits per heavy atom. The fourth-order valence-corrected chi connectivity index (χ4v) is 2.46. The minimum Gasteiger partial charge on any atom is -0.312 e. The summed E-state index contributed by atoms with van der Waals surface area (Å²) < 4.78 is 0. The van der Waals surface area contributed by atoms with E-state index in [1.807, 2.05) is 46.0 Å². The summed E-state index contributed by atoms with van der Waals surface area (Å²) >= 11 is 0. The summed E-state index contributed by atoms with van der Waals surface area (Å²) in [5.41, 5.74) is 1.50. The van der Waals surface area contributed by atoms with Gasteiger partial charge in [0.05, 0.1) is 6.07 Å². The first-order chi connectivity index (χ1) is 12.9. The van der Waals surface area contributed by atoms with Crippen LogP contribution in [0.4, 0.5) is 0 Å². The molecule has 2 nitrogen and oxygen atoms in total. The van der Waals surface area contributed by atoms with Crippen molar-refractivity contribution in [2.45, 2.75) is 91.4 Å². The van der Waals surface area contributed by atoms with Crippen LogP contribution in [0, 0.1) is 17.2 Å². The number of aryl methyl sites for hydroxylation is 1. The zero-order valence-electron chi connectivity index (χ0n) is 19.1. The molecule has 0 N–H and O–H groups in total. The molecule has 0 amide bonds. The lowest BCUT2D eigenvalue weighted by molar-refractivity contribution is 0.505. The van der Waals surface area contributed by atoms with E-state index in [2.05, 4.69) is 37.3 Å². The number of nitriles is 1. The number of nitrogens with zero attached hydrogens (tertiary/aromatic N) is 2. The third-order valence-corrected chi connectivity index (χ3v) is 3.92. The Morgan fingerprint density at radius 2 is 1.15 bits per heavy atom. The van der Waals surface area contributed by atoms with Crippen molar-refractivity contribution in [3.8, 4) is 6.07 Å². The Balaban J connectivity index is 0. The van der Waals surface area contributed by atoms with Gasteiger partial charge in [-0.1, -0.05) is 95.0 Å². The van der Waals surface area contributed by atoms with Gasteiger partial charge in [-0.2, -0.15) is 5.26 Å². The Morgan fingerprint density at radius 1 is 0.778 bits per heavy atom. The summed E-state index contributed by atoms with van der Waals surface area (Å²) in [6, 6.07) is 12.9. The quantitative estimate of drug-likeness (QED) is 0.375. The Labute approximate surface area is 171 Å². The molecule has 27 heavy (non-hydrogen) atoms. The number of hydrogen-bond donors (Lipinski definition) is 0. The molecule has 0 saturated carbocycles. The average molecular weight is 375 g/mol. The molecule has 0 unspecified atom stereocenters. The Hall–Kier alpha value is -1.33. The predicted octanol–water partition coefficient (Wildman–Crippen LogP) is 7.49. The zero-order valence-corrected chi connectivity index (χ0v) is 19.1. The lowest BCUT2D eigenvalue weighted by atomic mass is 10.0. The van der Waals surface area contributed by atoms with Gasteiger partial charge in [0.25, 0.3) is 0 Å². The first-order valence-corrected chi connectivity index (χ1v) is 11.0. The van der Waals surface area contributed by atoms with Gasteiger partial charge in [0.1, 0.15) is 0 Å². The molecule has 0 spiro atoms. The summed E-state index contributed by atoms with van der Waals surface area (Å²) in [7, 11) is 6.00. The van der Waals surface area contributed by atoms with Gasteiger partial charge >= 0.3 is 0 Å². The molecule has 0 fully saturated rings. The molecule has 0 aromatic heterocycles. The molecule has 1 aromatic rings. The maximum atomic E-state index is 7.89. The highest BCUT2D eigenvalue weighted by molar-refractivity contribution is 5.14. The van der Waals surface area contributed by atoms with E-state index in [-0.39, 0.29) is 5.92 Å². The highest BCUT2D eigenvalue weighted by atomic mass is 15.0. The maximum absolute atomic E-state index is 7.89. The number of rotatable bonds is 11. The number of benzene rings is 1. The smallest absolute Gasteiger partial charge is 0.0649 e. The molecule has 0 radical (unpaired) electrons. The van der Waals surface area contributed by atoms with Crippen LogP contribution in [-0.2, 0) is 6.42 Å². The standard InChI is InChI=1S/C18H30.C4H7N.C3H9N/c1-2-3-4-5-6-7-8-9-10-12-15-18-16-13-11-14-17-18;1-4(2)3-5;1-4(2)3/h11,13-14,16-17H,2-10,12,15H2,1H3;4H,1-2H3;1-3H3. The van der Waals surface area contributed by atoms with E-state index in [9.17, 15) is 0 Å². The number of hydrogen-bond acceptors (Lipinski definition) is 2. The molecule has 0 aliphatic heterocycles. The van der Waals surface area contributed by atoms with Gasteiger partial charge in [-0.25, -0.2) is 0 Å². The fourth-order valence-electron chi connectivity index (χ4n) is 2.46. The van der Waals surface area contributed by atoms with Crippen molar-refractivity contribution >= 4 is 0 Å². The van der Waals surface area contributed by atoms with Crippen molar-refractivity contribution in [1.82, 2.24) is 4.90 Å². The van der Waals surface area contributed by atoms with Gasteiger partial charge in [-0.05, 0) is 53.4 Å². The van der Waals surface area contributed by atoms with Crippen LogP contribution >= 0.6 is 0 Å². The SMILES string of the molecule is CC(C)C#N.CCCCCCCCCCCCc1ccccc1.CN(C)C. The Bertz CT molecular complexity index is 415. The highest BCUT2D eigenvalue weighted by Crippen LogP contribution is 2.12. The van der Waals surface area contributed by atoms with Crippen LogP contribution in [0.25, 0.3) is 0 Å². The van der Waals surface area contributed by atoms with Crippen LogP contribution in [0.15, 0.2) is 30.3 Å². The topological polar surface area (TPSA) is 27.0 Å². The van der Waals surface area contributed by atoms with Gasteiger partial charge in [0, 0.05) is 5.92 Å². The molecule has 0 bridgehead atoms. The average Bonchev–Trinajstić information content (AvgIpc) is 2.64. The van der Waals surface area contributed by atoms with E-state index in [1.165, 1.54) is 76.2 Å². The molecule has 0 aliphatic carbocycles. The second-order valence-corrected chi connectivity index (χ2v) is 8.04. The van der Waals surface area contributed by atoms with Gasteiger partial charge in [-0.3, -0.25) is 0 Å². The second-order valence-electron chi connectivity index (χ2n) is 8.04. The first kappa shape index (κ1) is 27.9. The van der Waals surface area contributed by atoms with E-state index in [1.54, 1.807) is 0 Å². The molecule has 2 heteroatoms. The first-order valence-electron chi connectivity index (χ1n) is 11.0. The van der Waals surface area contributed by atoms with E-state index in [0.29, 0.717) is 0 Å². The van der Waals surface area contributed by atoms with Crippen LogP contribution in [-0.4, -0.2) is 26.0 Å². The normalized spacial score (nSPS) is 9.89. The van der Waals surface area contributed by atoms with Gasteiger partial charge in [-0.15, -0.1) is 0 Å². The molecule has 0 heterocycles. The van der Waals surface area contributed by atoms with E-state index in [0.717, 1.165) is 0 Å². The molecule has 156 valence electrons. The largest absolute Gasteiger partial charge is 0.312 e. The second kappa shape index (κ2) is 22.7. The van der Waals surface area contributed by atoms with Crippen molar-refractivity contribution < 1.29 is 0 Å². The molecular formula is C25H46N2. The lowest BCUT2D eigenvalue weighted by Crippen LogP contribution is -1.99. The third kappa shape index (κ3) is 29.7. The van der Waals surface area contributed by atoms with Crippen molar-refractivity contribution in [2.75, 3.05) is 21.1 Å². The van der Waals surface area contributed by atoms with Crippen LogP contribution in [0.3, 0.4) is 0 Å². The monoisotopic (exact) mass is 374 g/mol. The lowest BCUT2D eigenvalue weighted by Gasteiger charge is -2.03. The summed E-state index contributed by atoms with van der Waals surface area (Å²) in [6.45, 7) is 6.01. The molecule has 0 saturated heterocycles. The minimum absolute atomic E-state index is 0.190. The predicted molar refractivity (Wildman–Crippen MR) is 122 cm³/mol. The summed E-state index contributed by atoms with van der Waals surface area (Å²) in [5, 5.41) is 7.89. The molecular weight excluding hydrogens is 328 g/mol. The van der Waals surface area contributed by atoms with Crippen molar-refractivity contribution in [3.63, 3.8) is 0 Å². The summed E-state index contributed by atoms with van der Waals surface area (Å²) in [4.78, 5) is 2.00. The van der Waals surface area contributed by atoms with Crippen LogP contribution in [0.2, 0.25) is 0 Å². The van der Waals surface area contributed by atoms with E-state index in [4.69, 9.17) is 5.26 Å². The summed E-state index contributed by atoms with van der Waals surface area (Å²) in [6.07, 6.45) is 15.5. The third-order valence-electron chi connectivity index (χ3n) is 3.92. The minimum atomic E-state index is 0.190. The molecule has 1 aromatic carbocycles. The van der Waals surface area contributed by atoms with E-state index >= 15 is 0 Å². The van der Waals surface area contributed by atoms with Crippen molar-refractivity contribution in [3.05, 3.63) is 35.9 Å². The zero-order chi connectivity index (χ0) is 20.8. The van der Waals surface area contributed by atoms with Crippen LogP contribution < -0.4 is 0 Å². The van der Waals surface area contributed by atoms with E-state index < -0.39 is 0 Å².